The quantitative estimate of drug-likeness (QED) is 0.590. The van der Waals surface area contributed by atoms with Crippen LogP contribution in [0.1, 0.15) is 57.7 Å². The first-order chi connectivity index (χ1) is 10.1. The van der Waals surface area contributed by atoms with Crippen LogP contribution in [0.2, 0.25) is 0 Å². The van der Waals surface area contributed by atoms with Crippen LogP contribution in [0.5, 0.6) is 0 Å². The molecule has 0 radical (unpaired) electrons. The first-order valence-electron chi connectivity index (χ1n) is 8.15. The second kappa shape index (κ2) is 5.47. The minimum Gasteiger partial charge on any atom is -0.115 e. The summed E-state index contributed by atoms with van der Waals surface area (Å²) in [7, 11) is 0. The van der Waals surface area contributed by atoms with E-state index in [0.717, 1.165) is 18.4 Å². The number of benzene rings is 1. The maximum Gasteiger partial charge on any atom is 0.0155 e. The molecule has 0 amide bonds. The molecule has 0 nitrogen and oxygen atoms in total. The van der Waals surface area contributed by atoms with E-state index in [2.05, 4.69) is 72.2 Å². The molecule has 0 aromatic heterocycles. The van der Waals surface area contributed by atoms with Crippen LogP contribution in [0.3, 0.4) is 0 Å². The summed E-state index contributed by atoms with van der Waals surface area (Å²) in [6.45, 7) is 17.9. The van der Waals surface area contributed by atoms with E-state index >= 15 is 0 Å². The lowest BCUT2D eigenvalue weighted by Gasteiger charge is -2.44. The summed E-state index contributed by atoms with van der Waals surface area (Å²) in [5, 5.41) is 0. The van der Waals surface area contributed by atoms with E-state index in [1.807, 2.05) is 0 Å². The zero-order valence-corrected chi connectivity index (χ0v) is 14.9. The fourth-order valence-electron chi connectivity index (χ4n) is 3.92. The lowest BCUT2D eigenvalue weighted by atomic mass is 9.59. The van der Waals surface area contributed by atoms with Crippen LogP contribution in [0.25, 0.3) is 5.57 Å². The van der Waals surface area contributed by atoms with Crippen molar-refractivity contribution in [3.8, 4) is 12.3 Å². The molecule has 22 heavy (non-hydrogen) atoms. The fraction of sp³-hybridized carbons (Fsp3) is 0.455. The van der Waals surface area contributed by atoms with Gasteiger partial charge in [-0.25, -0.2) is 0 Å². The van der Waals surface area contributed by atoms with Gasteiger partial charge in [0.05, 0.1) is 0 Å². The molecule has 1 aromatic carbocycles. The molecule has 0 heteroatoms. The molecule has 0 atom stereocenters. The Kier molecular flexibility index (Phi) is 4.14. The molecule has 0 aliphatic heterocycles. The summed E-state index contributed by atoms with van der Waals surface area (Å²) in [6, 6.07) is 6.68. The molecule has 1 aromatic rings. The van der Waals surface area contributed by atoms with Crippen LogP contribution >= 0.6 is 0 Å². The lowest BCUT2D eigenvalue weighted by molar-refractivity contribution is 0.267. The zero-order chi connectivity index (χ0) is 16.7. The van der Waals surface area contributed by atoms with Gasteiger partial charge in [0.25, 0.3) is 0 Å². The number of hydrogen-bond donors (Lipinski definition) is 0. The van der Waals surface area contributed by atoms with E-state index < -0.39 is 0 Å². The van der Waals surface area contributed by atoms with Crippen molar-refractivity contribution < 1.29 is 0 Å². The van der Waals surface area contributed by atoms with Gasteiger partial charge in [-0.15, -0.1) is 6.42 Å². The van der Waals surface area contributed by atoms with Crippen molar-refractivity contribution in [1.82, 2.24) is 0 Å². The zero-order valence-electron chi connectivity index (χ0n) is 14.9. The Morgan fingerprint density at radius 1 is 1.18 bits per heavy atom. The Morgan fingerprint density at radius 2 is 1.82 bits per heavy atom. The van der Waals surface area contributed by atoms with Crippen molar-refractivity contribution in [2.75, 3.05) is 0 Å². The minimum atomic E-state index is 0.00350. The number of rotatable bonds is 2. The van der Waals surface area contributed by atoms with Gasteiger partial charge in [-0.3, -0.25) is 0 Å². The highest BCUT2D eigenvalue weighted by Gasteiger charge is 2.41. The fourth-order valence-corrected chi connectivity index (χ4v) is 3.92. The van der Waals surface area contributed by atoms with Crippen LogP contribution in [-0.2, 0) is 6.42 Å². The summed E-state index contributed by atoms with van der Waals surface area (Å²) in [5.74, 6) is 3.00. The number of allylic oxidation sites excluding steroid dienone is 3. The average molecular weight is 292 g/mol. The molecule has 0 spiro atoms. The first kappa shape index (κ1) is 16.6. The van der Waals surface area contributed by atoms with E-state index in [1.165, 1.54) is 27.8 Å². The Labute approximate surface area is 136 Å². The molecular formula is C22H28. The highest BCUT2D eigenvalue weighted by atomic mass is 14.4. The van der Waals surface area contributed by atoms with Gasteiger partial charge in [-0.05, 0) is 52.9 Å². The van der Waals surface area contributed by atoms with Crippen molar-refractivity contribution in [3.05, 3.63) is 52.6 Å². The summed E-state index contributed by atoms with van der Waals surface area (Å²) >= 11 is 0. The van der Waals surface area contributed by atoms with Crippen molar-refractivity contribution in [1.29, 1.82) is 0 Å². The molecule has 0 saturated heterocycles. The standard InChI is InChI=1S/C22H28/c1-9-17-12-11-15(3)13-18(17)20-16(4)21(5,6)14-22(7,8)19(20)10-2/h2,11-13H,4,9,14H2,1,3,5-8H3. The summed E-state index contributed by atoms with van der Waals surface area (Å²) in [4.78, 5) is 0. The monoisotopic (exact) mass is 292 g/mol. The number of aryl methyl sites for hydroxylation is 2. The lowest BCUT2D eigenvalue weighted by Crippen LogP contribution is -2.32. The molecule has 116 valence electrons. The van der Waals surface area contributed by atoms with Crippen LogP contribution < -0.4 is 0 Å². The molecule has 0 bridgehead atoms. The number of hydrogen-bond acceptors (Lipinski definition) is 0. The normalized spacial score (nSPS) is 20.0. The maximum absolute atomic E-state index is 5.94. The maximum atomic E-state index is 5.94. The van der Waals surface area contributed by atoms with Gasteiger partial charge in [0.2, 0.25) is 0 Å². The molecule has 0 N–H and O–H groups in total. The molecule has 0 fully saturated rings. The van der Waals surface area contributed by atoms with E-state index in [1.54, 1.807) is 0 Å². The predicted molar refractivity (Wildman–Crippen MR) is 97.6 cm³/mol. The van der Waals surface area contributed by atoms with Crippen LogP contribution in [0.4, 0.5) is 0 Å². The van der Waals surface area contributed by atoms with Gasteiger partial charge in [0.15, 0.2) is 0 Å². The van der Waals surface area contributed by atoms with Crippen LogP contribution in [-0.4, -0.2) is 0 Å². The molecule has 1 aliphatic rings. The Hall–Kier alpha value is -1.74. The minimum absolute atomic E-state index is 0.00350. The van der Waals surface area contributed by atoms with Gasteiger partial charge < -0.3 is 0 Å². The third-order valence-electron chi connectivity index (χ3n) is 4.99. The van der Waals surface area contributed by atoms with Crippen LogP contribution in [0, 0.1) is 30.1 Å². The first-order valence-corrected chi connectivity index (χ1v) is 8.15. The van der Waals surface area contributed by atoms with Gasteiger partial charge in [0.1, 0.15) is 0 Å². The van der Waals surface area contributed by atoms with Gasteiger partial charge in [0, 0.05) is 5.57 Å². The van der Waals surface area contributed by atoms with Crippen molar-refractivity contribution in [3.63, 3.8) is 0 Å². The number of terminal acetylenes is 1. The second-order valence-corrected chi connectivity index (χ2v) is 7.83. The van der Waals surface area contributed by atoms with Gasteiger partial charge >= 0.3 is 0 Å². The van der Waals surface area contributed by atoms with E-state index in [0.29, 0.717) is 0 Å². The molecule has 0 heterocycles. The van der Waals surface area contributed by atoms with E-state index in [-0.39, 0.29) is 10.8 Å². The smallest absolute Gasteiger partial charge is 0.0155 e. The highest BCUT2D eigenvalue weighted by molar-refractivity contribution is 5.88. The Bertz CT molecular complexity index is 687. The highest BCUT2D eigenvalue weighted by Crippen LogP contribution is 2.54. The molecule has 2 rings (SSSR count). The molecular weight excluding hydrogens is 264 g/mol. The Morgan fingerprint density at radius 3 is 2.36 bits per heavy atom. The molecule has 0 saturated carbocycles. The molecule has 1 aliphatic carbocycles. The van der Waals surface area contributed by atoms with Crippen molar-refractivity contribution >= 4 is 5.57 Å². The Balaban J connectivity index is 2.85. The molecule has 0 unspecified atom stereocenters. The summed E-state index contributed by atoms with van der Waals surface area (Å²) < 4.78 is 0. The van der Waals surface area contributed by atoms with Gasteiger partial charge in [-0.2, -0.15) is 0 Å². The third-order valence-corrected chi connectivity index (χ3v) is 4.99. The summed E-state index contributed by atoms with van der Waals surface area (Å²) in [6.07, 6.45) is 7.98. The third kappa shape index (κ3) is 2.66. The van der Waals surface area contributed by atoms with Crippen LogP contribution in [0.15, 0.2) is 35.9 Å². The topological polar surface area (TPSA) is 0 Å². The van der Waals surface area contributed by atoms with E-state index in [9.17, 15) is 0 Å². The second-order valence-electron chi connectivity index (χ2n) is 7.83. The average Bonchev–Trinajstić information content (AvgIpc) is 2.41. The van der Waals surface area contributed by atoms with Crippen molar-refractivity contribution in [2.24, 2.45) is 10.8 Å². The van der Waals surface area contributed by atoms with Crippen molar-refractivity contribution in [2.45, 2.75) is 54.4 Å². The predicted octanol–water partition coefficient (Wildman–Crippen LogP) is 5.96. The SMILES string of the molecule is C#CC1=C(c2cc(C)ccc2CC)C(=C)C(C)(C)CC1(C)C. The summed E-state index contributed by atoms with van der Waals surface area (Å²) in [5.41, 5.74) is 7.47. The largest absolute Gasteiger partial charge is 0.115 e. The van der Waals surface area contributed by atoms with E-state index in [4.69, 9.17) is 6.42 Å². The van der Waals surface area contributed by atoms with Gasteiger partial charge in [-0.1, -0.05) is 70.9 Å².